The van der Waals surface area contributed by atoms with Crippen LogP contribution < -0.4 is 5.32 Å². The summed E-state index contributed by atoms with van der Waals surface area (Å²) < 4.78 is 30.6. The number of carbonyl (C=O) groups is 3. The van der Waals surface area contributed by atoms with Crippen LogP contribution in [-0.4, -0.2) is 114 Å². The fourth-order valence-electron chi connectivity index (χ4n) is 8.00. The zero-order chi connectivity index (χ0) is 34.9. The van der Waals surface area contributed by atoms with Crippen LogP contribution in [0.2, 0.25) is 0 Å². The molecule has 0 spiro atoms. The SMILES string of the molecule is C=CC[C@]1(O)[C@H](C)C[C@@](C)(OC)[C@H](O[C@@H]2O[C@H](C)C[C@H](N(C)C)[C@H]2O)[C@@H](C)C(=O)[C@@H](C)C(=O)O[C@H](CC)[C@@]2(C)OC(=O)N[C@H]2[C@H]1C. The van der Waals surface area contributed by atoms with Crippen molar-refractivity contribution >= 4 is 17.8 Å². The van der Waals surface area contributed by atoms with E-state index in [2.05, 4.69) is 11.9 Å². The molecule has 46 heavy (non-hydrogen) atoms. The molecule has 14 atom stereocenters. The third-order valence-electron chi connectivity index (χ3n) is 11.1. The van der Waals surface area contributed by atoms with E-state index in [4.69, 9.17) is 23.7 Å². The van der Waals surface area contributed by atoms with Gasteiger partial charge in [-0.3, -0.25) is 9.59 Å². The van der Waals surface area contributed by atoms with Crippen molar-refractivity contribution in [2.45, 2.75) is 141 Å². The Morgan fingerprint density at radius 1 is 1.13 bits per heavy atom. The van der Waals surface area contributed by atoms with Gasteiger partial charge in [0.2, 0.25) is 0 Å². The van der Waals surface area contributed by atoms with E-state index >= 15 is 0 Å². The monoisotopic (exact) mass is 654 g/mol. The summed E-state index contributed by atoms with van der Waals surface area (Å²) in [7, 11) is 5.26. The Labute approximate surface area is 274 Å². The predicted octanol–water partition coefficient (Wildman–Crippen LogP) is 3.22. The molecule has 3 heterocycles. The number of likely N-dealkylation sites (N-methyl/N-ethyl adjacent to an activating group) is 1. The molecular formula is C34H58N2O10. The van der Waals surface area contributed by atoms with Crippen LogP contribution in [0.4, 0.5) is 4.79 Å². The molecule has 3 rings (SSSR count). The highest BCUT2D eigenvalue weighted by atomic mass is 16.7. The van der Waals surface area contributed by atoms with Gasteiger partial charge in [-0.2, -0.15) is 0 Å². The minimum Gasteiger partial charge on any atom is -0.458 e. The number of hydrogen-bond acceptors (Lipinski definition) is 11. The molecule has 0 bridgehead atoms. The molecule has 0 unspecified atom stereocenters. The van der Waals surface area contributed by atoms with Crippen LogP contribution in [-0.2, 0) is 33.3 Å². The number of carbonyl (C=O) groups excluding carboxylic acids is 3. The smallest absolute Gasteiger partial charge is 0.408 e. The summed E-state index contributed by atoms with van der Waals surface area (Å²) >= 11 is 0. The number of cyclic esters (lactones) is 1. The highest BCUT2D eigenvalue weighted by Gasteiger charge is 2.60. The number of ether oxygens (including phenoxy) is 5. The van der Waals surface area contributed by atoms with E-state index in [-0.39, 0.29) is 25.0 Å². The molecular weight excluding hydrogens is 596 g/mol. The molecule has 3 saturated heterocycles. The summed E-state index contributed by atoms with van der Waals surface area (Å²) in [6.45, 7) is 18.0. The molecule has 0 radical (unpaired) electrons. The number of fused-ring (bicyclic) bond motifs is 1. The van der Waals surface area contributed by atoms with Crippen molar-refractivity contribution in [3.05, 3.63) is 12.7 Å². The van der Waals surface area contributed by atoms with Gasteiger partial charge < -0.3 is 44.1 Å². The maximum atomic E-state index is 14.1. The second-order valence-corrected chi connectivity index (χ2v) is 14.5. The van der Waals surface area contributed by atoms with Gasteiger partial charge in [-0.1, -0.05) is 33.8 Å². The molecule has 0 saturated carbocycles. The number of rotatable bonds is 7. The molecule has 12 heteroatoms. The molecule has 0 aromatic rings. The van der Waals surface area contributed by atoms with Gasteiger partial charge >= 0.3 is 12.1 Å². The largest absolute Gasteiger partial charge is 0.458 e. The van der Waals surface area contributed by atoms with Crippen molar-refractivity contribution in [1.29, 1.82) is 0 Å². The Morgan fingerprint density at radius 2 is 1.76 bits per heavy atom. The lowest BCUT2D eigenvalue weighted by Gasteiger charge is -2.50. The first kappa shape index (κ1) is 38.4. The minimum atomic E-state index is -1.46. The fourth-order valence-corrected chi connectivity index (χ4v) is 8.00. The molecule has 3 fully saturated rings. The Bertz CT molecular complexity index is 1120. The van der Waals surface area contributed by atoms with Gasteiger partial charge in [0.1, 0.15) is 18.1 Å². The number of Topliss-reactive ketones (excluding diaryl/α,β-unsaturated/α-hetero) is 1. The number of amides is 1. The number of nitrogens with one attached hydrogen (secondary N) is 1. The number of methoxy groups -OCH3 is 1. The van der Waals surface area contributed by atoms with Crippen LogP contribution >= 0.6 is 0 Å². The number of hydrogen-bond donors (Lipinski definition) is 3. The first-order chi connectivity index (χ1) is 21.3. The van der Waals surface area contributed by atoms with Crippen LogP contribution in [0.15, 0.2) is 12.7 Å². The van der Waals surface area contributed by atoms with Crippen molar-refractivity contribution in [3.63, 3.8) is 0 Å². The van der Waals surface area contributed by atoms with Gasteiger partial charge in [-0.25, -0.2) is 4.79 Å². The second-order valence-electron chi connectivity index (χ2n) is 14.5. The summed E-state index contributed by atoms with van der Waals surface area (Å²) in [5.74, 6) is -4.45. The van der Waals surface area contributed by atoms with E-state index in [0.29, 0.717) is 12.8 Å². The lowest BCUT2D eigenvalue weighted by atomic mass is 9.65. The summed E-state index contributed by atoms with van der Waals surface area (Å²) in [6.07, 6.45) is -2.10. The van der Waals surface area contributed by atoms with Crippen molar-refractivity contribution < 1.29 is 48.3 Å². The van der Waals surface area contributed by atoms with Crippen LogP contribution in [0.5, 0.6) is 0 Å². The van der Waals surface area contributed by atoms with Crippen molar-refractivity contribution in [1.82, 2.24) is 10.2 Å². The van der Waals surface area contributed by atoms with Gasteiger partial charge in [0.05, 0.1) is 29.5 Å². The van der Waals surface area contributed by atoms with Gasteiger partial charge in [0, 0.05) is 25.0 Å². The van der Waals surface area contributed by atoms with Crippen molar-refractivity contribution in [2.75, 3.05) is 21.2 Å². The quantitative estimate of drug-likeness (QED) is 0.211. The molecule has 0 aromatic heterocycles. The molecule has 3 aliphatic rings. The Kier molecular flexibility index (Phi) is 12.2. The van der Waals surface area contributed by atoms with Crippen LogP contribution in [0.25, 0.3) is 0 Å². The maximum Gasteiger partial charge on any atom is 0.408 e. The molecule has 3 aliphatic heterocycles. The third kappa shape index (κ3) is 7.17. The second kappa shape index (κ2) is 14.6. The number of esters is 1. The summed E-state index contributed by atoms with van der Waals surface area (Å²) in [6, 6.07) is -1.02. The van der Waals surface area contributed by atoms with Crippen LogP contribution in [0.1, 0.15) is 81.1 Å². The lowest BCUT2D eigenvalue weighted by molar-refractivity contribution is -0.296. The number of aliphatic hydroxyl groups excluding tert-OH is 1. The maximum absolute atomic E-state index is 14.1. The van der Waals surface area contributed by atoms with Crippen LogP contribution in [0.3, 0.4) is 0 Å². The molecule has 3 N–H and O–H groups in total. The average Bonchev–Trinajstić information content (AvgIpc) is 3.31. The molecule has 264 valence electrons. The lowest BCUT2D eigenvalue weighted by Crippen LogP contribution is -2.63. The number of nitrogens with zero attached hydrogens (tertiary/aromatic N) is 1. The van der Waals surface area contributed by atoms with E-state index in [1.807, 2.05) is 39.8 Å². The van der Waals surface area contributed by atoms with Gasteiger partial charge in [0.15, 0.2) is 17.7 Å². The first-order valence-electron chi connectivity index (χ1n) is 16.6. The zero-order valence-electron chi connectivity index (χ0n) is 29.6. The van der Waals surface area contributed by atoms with Crippen molar-refractivity contribution in [3.8, 4) is 0 Å². The Hall–Kier alpha value is -2.09. The predicted molar refractivity (Wildman–Crippen MR) is 171 cm³/mol. The molecule has 0 aliphatic carbocycles. The zero-order valence-corrected chi connectivity index (χ0v) is 29.6. The topological polar surface area (TPSA) is 153 Å². The number of ketones is 1. The molecule has 12 nitrogen and oxygen atoms in total. The summed E-state index contributed by atoms with van der Waals surface area (Å²) in [5, 5.41) is 26.7. The standard InChI is InChI=1S/C34H58N2O10/c1-13-15-34(41)18(3)17-32(8,42-12)28(45-30-26(38)23(36(10)11)16-19(4)43-30)20(5)25(37)21(6)29(39)44-24(14-2)33(9)27(22(34)7)35-31(40)46-33/h13,18-24,26-28,30,38,41H,1,14-17H2,2-12H3,(H,35,40)/t18-,19-,20+,21-,22-,23+,24-,26-,27+,28-,30+,32-,33-,34+/m1/s1. The van der Waals surface area contributed by atoms with E-state index in [1.165, 1.54) is 14.0 Å². The highest BCUT2D eigenvalue weighted by molar-refractivity contribution is 6.00. The first-order valence-corrected chi connectivity index (χ1v) is 16.6. The molecule has 0 aromatic carbocycles. The minimum absolute atomic E-state index is 0.164. The van der Waals surface area contributed by atoms with E-state index in [0.717, 1.165) is 0 Å². The number of alkyl carbamates (subject to hydrolysis) is 1. The summed E-state index contributed by atoms with van der Waals surface area (Å²) in [5.41, 5.74) is -4.02. The average molecular weight is 655 g/mol. The number of aliphatic hydroxyl groups is 2. The van der Waals surface area contributed by atoms with Crippen LogP contribution in [0, 0.1) is 23.7 Å². The van der Waals surface area contributed by atoms with Gasteiger partial charge in [-0.15, -0.1) is 6.58 Å². The molecule has 1 amide bonds. The Morgan fingerprint density at radius 3 is 2.30 bits per heavy atom. The van der Waals surface area contributed by atoms with E-state index < -0.39 is 89.0 Å². The Balaban J connectivity index is 2.18. The fraction of sp³-hybridized carbons (Fsp3) is 0.853. The van der Waals surface area contributed by atoms with E-state index in [9.17, 15) is 24.6 Å². The van der Waals surface area contributed by atoms with Crippen molar-refractivity contribution in [2.24, 2.45) is 23.7 Å². The van der Waals surface area contributed by atoms with Gasteiger partial charge in [-0.05, 0) is 73.4 Å². The highest BCUT2D eigenvalue weighted by Crippen LogP contribution is 2.46. The van der Waals surface area contributed by atoms with Gasteiger partial charge in [0.25, 0.3) is 0 Å². The normalized spacial score (nSPS) is 46.1. The third-order valence-corrected chi connectivity index (χ3v) is 11.1. The summed E-state index contributed by atoms with van der Waals surface area (Å²) in [4.78, 5) is 42.4. The van der Waals surface area contributed by atoms with E-state index in [1.54, 1.807) is 33.8 Å².